The summed E-state index contributed by atoms with van der Waals surface area (Å²) in [5.41, 5.74) is 2.12. The quantitative estimate of drug-likeness (QED) is 0.648. The molecule has 0 fully saturated rings. The molecule has 0 aliphatic heterocycles. The van der Waals surface area contributed by atoms with E-state index in [0.29, 0.717) is 11.7 Å². The first kappa shape index (κ1) is 17.3. The Balaban J connectivity index is 1.66. The van der Waals surface area contributed by atoms with Crippen molar-refractivity contribution in [2.45, 2.75) is 46.0 Å². The third kappa shape index (κ3) is 3.28. The number of hydrogen-bond donors (Lipinski definition) is 1. The predicted octanol–water partition coefficient (Wildman–Crippen LogP) is 4.96. The number of aromatic nitrogens is 2. The van der Waals surface area contributed by atoms with E-state index in [1.807, 2.05) is 24.3 Å². The van der Waals surface area contributed by atoms with Gasteiger partial charge >= 0.3 is 0 Å². The molecule has 0 spiro atoms. The highest BCUT2D eigenvalue weighted by molar-refractivity contribution is 7.18. The van der Waals surface area contributed by atoms with Crippen molar-refractivity contribution in [2.75, 3.05) is 6.61 Å². The molecule has 4 rings (SSSR count). The van der Waals surface area contributed by atoms with Gasteiger partial charge in [-0.1, -0.05) is 20.3 Å². The molecule has 0 amide bonds. The molecule has 1 atom stereocenters. The smallest absolute Gasteiger partial charge is 0.260 e. The first-order valence-corrected chi connectivity index (χ1v) is 10.2. The van der Waals surface area contributed by atoms with Gasteiger partial charge in [0.25, 0.3) is 5.56 Å². The maximum atomic E-state index is 12.7. The Kier molecular flexibility index (Phi) is 4.81. The summed E-state index contributed by atoms with van der Waals surface area (Å²) in [5, 5.41) is 0.806. The minimum absolute atomic E-state index is 0.0136. The second kappa shape index (κ2) is 7.23. The number of aromatic amines is 1. The summed E-state index contributed by atoms with van der Waals surface area (Å²) >= 11 is 1.69. The molecule has 1 aliphatic rings. The maximum absolute atomic E-state index is 12.7. The van der Waals surface area contributed by atoms with Crippen LogP contribution in [0.3, 0.4) is 0 Å². The van der Waals surface area contributed by atoms with Gasteiger partial charge in [0, 0.05) is 10.4 Å². The van der Waals surface area contributed by atoms with Crippen LogP contribution in [0.5, 0.6) is 5.75 Å². The van der Waals surface area contributed by atoms with Crippen LogP contribution in [0.4, 0.5) is 0 Å². The van der Waals surface area contributed by atoms with Crippen molar-refractivity contribution in [2.24, 2.45) is 5.92 Å². The fourth-order valence-corrected chi connectivity index (χ4v) is 4.91. The third-order valence-electron chi connectivity index (χ3n) is 5.06. The number of H-pyrrole nitrogens is 1. The zero-order valence-corrected chi connectivity index (χ0v) is 16.1. The maximum Gasteiger partial charge on any atom is 0.260 e. The molecule has 2 heterocycles. The van der Waals surface area contributed by atoms with E-state index in [1.54, 1.807) is 11.3 Å². The van der Waals surface area contributed by atoms with E-state index in [0.717, 1.165) is 60.2 Å². The van der Waals surface area contributed by atoms with Crippen LogP contribution in [0.25, 0.3) is 21.6 Å². The van der Waals surface area contributed by atoms with Crippen molar-refractivity contribution in [3.05, 3.63) is 45.1 Å². The Labute approximate surface area is 157 Å². The molecule has 4 nitrogen and oxygen atoms in total. The fraction of sp³-hybridized carbons (Fsp3) is 0.429. The average Bonchev–Trinajstić information content (AvgIpc) is 3.00. The molecular formula is C21H24N2O2S. The van der Waals surface area contributed by atoms with Crippen LogP contribution in [0.1, 0.15) is 43.6 Å². The Morgan fingerprint density at radius 3 is 2.88 bits per heavy atom. The number of rotatable bonds is 5. The lowest BCUT2D eigenvalue weighted by molar-refractivity contribution is 0.309. The van der Waals surface area contributed by atoms with Gasteiger partial charge in [-0.3, -0.25) is 4.79 Å². The summed E-state index contributed by atoms with van der Waals surface area (Å²) in [6, 6.07) is 7.80. The highest BCUT2D eigenvalue weighted by Crippen LogP contribution is 2.36. The number of unbranched alkanes of at least 4 members (excludes halogenated alkanes) is 1. The molecule has 1 aromatic carbocycles. The highest BCUT2D eigenvalue weighted by Gasteiger charge is 2.23. The summed E-state index contributed by atoms with van der Waals surface area (Å²) in [4.78, 5) is 22.7. The lowest BCUT2D eigenvalue weighted by atomic mass is 9.89. The normalized spacial score (nSPS) is 16.6. The number of thiophene rings is 1. The zero-order chi connectivity index (χ0) is 18.1. The molecule has 136 valence electrons. The largest absolute Gasteiger partial charge is 0.494 e. The number of benzene rings is 1. The fourth-order valence-electron chi connectivity index (χ4n) is 3.53. The van der Waals surface area contributed by atoms with Gasteiger partial charge in [-0.05, 0) is 61.4 Å². The molecule has 1 unspecified atom stereocenters. The van der Waals surface area contributed by atoms with Crippen LogP contribution in [-0.4, -0.2) is 16.6 Å². The second-order valence-corrected chi connectivity index (χ2v) is 8.26. The first-order valence-electron chi connectivity index (χ1n) is 9.43. The third-order valence-corrected chi connectivity index (χ3v) is 6.21. The van der Waals surface area contributed by atoms with E-state index in [2.05, 4.69) is 18.8 Å². The van der Waals surface area contributed by atoms with Crippen LogP contribution in [0.2, 0.25) is 0 Å². The van der Waals surface area contributed by atoms with Gasteiger partial charge in [-0.2, -0.15) is 0 Å². The zero-order valence-electron chi connectivity index (χ0n) is 15.3. The second-order valence-electron chi connectivity index (χ2n) is 7.17. The van der Waals surface area contributed by atoms with Crippen molar-refractivity contribution in [3.8, 4) is 17.1 Å². The molecule has 5 heteroatoms. The van der Waals surface area contributed by atoms with Crippen LogP contribution >= 0.6 is 11.3 Å². The summed E-state index contributed by atoms with van der Waals surface area (Å²) < 4.78 is 5.71. The molecule has 1 N–H and O–H groups in total. The topological polar surface area (TPSA) is 55.0 Å². The Morgan fingerprint density at radius 1 is 1.31 bits per heavy atom. The van der Waals surface area contributed by atoms with Crippen molar-refractivity contribution < 1.29 is 4.74 Å². The van der Waals surface area contributed by atoms with Gasteiger partial charge in [-0.15, -0.1) is 11.3 Å². The van der Waals surface area contributed by atoms with Crippen molar-refractivity contribution >= 4 is 21.6 Å². The van der Waals surface area contributed by atoms with E-state index < -0.39 is 0 Å². The number of ether oxygens (including phenoxy) is 1. The van der Waals surface area contributed by atoms with E-state index in [1.165, 1.54) is 10.4 Å². The molecule has 1 aliphatic carbocycles. The van der Waals surface area contributed by atoms with E-state index in [4.69, 9.17) is 9.72 Å². The van der Waals surface area contributed by atoms with Gasteiger partial charge in [-0.25, -0.2) is 4.98 Å². The monoisotopic (exact) mass is 368 g/mol. The molecule has 0 radical (unpaired) electrons. The summed E-state index contributed by atoms with van der Waals surface area (Å²) in [5.74, 6) is 2.18. The van der Waals surface area contributed by atoms with E-state index in [9.17, 15) is 4.79 Å². The molecule has 3 aromatic rings. The Bertz CT molecular complexity index is 972. The van der Waals surface area contributed by atoms with Crippen LogP contribution in [0.15, 0.2) is 29.1 Å². The van der Waals surface area contributed by atoms with Gasteiger partial charge in [0.2, 0.25) is 0 Å². The number of nitrogens with one attached hydrogen (secondary N) is 1. The van der Waals surface area contributed by atoms with Gasteiger partial charge in [0.05, 0.1) is 12.0 Å². The van der Waals surface area contributed by atoms with Crippen LogP contribution in [-0.2, 0) is 12.8 Å². The van der Waals surface area contributed by atoms with Crippen LogP contribution < -0.4 is 10.3 Å². The highest BCUT2D eigenvalue weighted by atomic mass is 32.1. The lowest BCUT2D eigenvalue weighted by Gasteiger charge is -2.17. The Morgan fingerprint density at radius 2 is 2.12 bits per heavy atom. The summed E-state index contributed by atoms with van der Waals surface area (Å²) in [6.07, 6.45) is 5.38. The average molecular weight is 369 g/mol. The molecule has 0 saturated heterocycles. The molecule has 0 bridgehead atoms. The van der Waals surface area contributed by atoms with Crippen molar-refractivity contribution in [3.63, 3.8) is 0 Å². The Hall–Kier alpha value is -2.14. The molecule has 2 aromatic heterocycles. The number of fused-ring (bicyclic) bond motifs is 3. The molecule has 0 saturated carbocycles. The lowest BCUT2D eigenvalue weighted by Crippen LogP contribution is -2.13. The van der Waals surface area contributed by atoms with Crippen molar-refractivity contribution in [1.29, 1.82) is 0 Å². The van der Waals surface area contributed by atoms with E-state index >= 15 is 0 Å². The van der Waals surface area contributed by atoms with Crippen LogP contribution in [0, 0.1) is 5.92 Å². The van der Waals surface area contributed by atoms with Gasteiger partial charge in [0.15, 0.2) is 0 Å². The molecule has 26 heavy (non-hydrogen) atoms. The number of hydrogen-bond acceptors (Lipinski definition) is 4. The number of aryl methyl sites for hydroxylation is 1. The first-order chi connectivity index (χ1) is 12.7. The molecular weight excluding hydrogens is 344 g/mol. The minimum atomic E-state index is -0.0136. The standard InChI is InChI=1S/C21H24N2O2S/c1-3-4-11-25-15-8-6-14(7-9-15)19-22-20(24)18-16-10-5-13(2)12-17(16)26-21(18)23-19/h6-9,13H,3-5,10-12H2,1-2H3,(H,22,23,24). The van der Waals surface area contributed by atoms with E-state index in [-0.39, 0.29) is 5.56 Å². The van der Waals surface area contributed by atoms with Gasteiger partial charge < -0.3 is 9.72 Å². The predicted molar refractivity (Wildman–Crippen MR) is 107 cm³/mol. The minimum Gasteiger partial charge on any atom is -0.494 e. The summed E-state index contributed by atoms with van der Waals surface area (Å²) in [7, 11) is 0. The SMILES string of the molecule is CCCCOc1ccc(-c2nc3sc4c(c3c(=O)[nH]2)CCC(C)C4)cc1. The number of nitrogens with zero attached hydrogens (tertiary/aromatic N) is 1. The van der Waals surface area contributed by atoms with Crippen molar-refractivity contribution in [1.82, 2.24) is 9.97 Å². The van der Waals surface area contributed by atoms with Gasteiger partial charge in [0.1, 0.15) is 16.4 Å². The summed E-state index contributed by atoms with van der Waals surface area (Å²) in [6.45, 7) is 5.16.